The zero-order valence-corrected chi connectivity index (χ0v) is 21.9. The molecule has 0 spiro atoms. The third kappa shape index (κ3) is 5.06. The molecule has 4 aliphatic heterocycles. The first kappa shape index (κ1) is 24.6. The summed E-state index contributed by atoms with van der Waals surface area (Å²) in [6, 6.07) is 15.4. The van der Waals surface area contributed by atoms with Crippen LogP contribution in [0.2, 0.25) is 0 Å². The Balaban J connectivity index is 1.11. The molecule has 2 fully saturated rings. The molecule has 6 heteroatoms. The average Bonchev–Trinajstić information content (AvgIpc) is 3.05. The van der Waals surface area contributed by atoms with Gasteiger partial charge in [-0.15, -0.1) is 0 Å². The van der Waals surface area contributed by atoms with Crippen molar-refractivity contribution >= 4 is 11.8 Å². The Morgan fingerprint density at radius 3 is 2.54 bits per heavy atom. The zero-order chi connectivity index (χ0) is 25.5. The zero-order valence-electron chi connectivity index (χ0n) is 21.9. The van der Waals surface area contributed by atoms with Crippen molar-refractivity contribution in [1.29, 1.82) is 0 Å². The lowest BCUT2D eigenvalue weighted by Gasteiger charge is -2.41. The second-order valence-corrected chi connectivity index (χ2v) is 11.8. The van der Waals surface area contributed by atoms with E-state index in [-0.39, 0.29) is 17.9 Å². The first-order valence-corrected chi connectivity index (χ1v) is 14.1. The van der Waals surface area contributed by atoms with E-state index in [1.165, 1.54) is 22.3 Å². The Labute approximate surface area is 220 Å². The maximum absolute atomic E-state index is 13.8. The van der Waals surface area contributed by atoms with Gasteiger partial charge in [-0.1, -0.05) is 36.4 Å². The van der Waals surface area contributed by atoms with Crippen LogP contribution in [-0.4, -0.2) is 76.5 Å². The summed E-state index contributed by atoms with van der Waals surface area (Å²) in [6.45, 7) is 6.14. The summed E-state index contributed by atoms with van der Waals surface area (Å²) in [6.07, 6.45) is 5.48. The molecule has 196 valence electrons. The van der Waals surface area contributed by atoms with Crippen molar-refractivity contribution in [3.8, 4) is 0 Å². The molecule has 1 saturated carbocycles. The predicted molar refractivity (Wildman–Crippen MR) is 143 cm³/mol. The van der Waals surface area contributed by atoms with Crippen LogP contribution >= 0.6 is 0 Å². The summed E-state index contributed by atoms with van der Waals surface area (Å²) in [4.78, 5) is 31.7. The number of benzene rings is 2. The third-order valence-electron chi connectivity index (χ3n) is 9.27. The number of likely N-dealkylation sites (tertiary alicyclic amines) is 1. The normalized spacial score (nSPS) is 24.6. The van der Waals surface area contributed by atoms with Gasteiger partial charge in [0.05, 0.1) is 6.10 Å². The van der Waals surface area contributed by atoms with E-state index in [0.29, 0.717) is 24.9 Å². The molecular formula is C31H39N3O3. The second kappa shape index (κ2) is 10.2. The second-order valence-electron chi connectivity index (χ2n) is 11.8. The molecule has 1 N–H and O–H groups in total. The van der Waals surface area contributed by atoms with E-state index in [1.54, 1.807) is 6.92 Å². The van der Waals surface area contributed by atoms with Crippen molar-refractivity contribution in [1.82, 2.24) is 14.7 Å². The van der Waals surface area contributed by atoms with Crippen LogP contribution in [0.4, 0.5) is 0 Å². The lowest BCUT2D eigenvalue weighted by Crippen LogP contribution is -2.49. The van der Waals surface area contributed by atoms with Crippen LogP contribution in [0, 0.1) is 5.92 Å². The van der Waals surface area contributed by atoms with E-state index >= 15 is 0 Å². The SMILES string of the molecule is CC(=O)N1CCC(Cc2ccc3c(c2)C(=O)N(C[C@H](O)CN2CCc4ccccc4C2)C2CC3C2)CC1. The minimum absolute atomic E-state index is 0.0938. The standard InChI is InChI=1S/C31H39N3O3/c1-21(35)33-12-8-22(9-13-33)14-23-6-7-29-26-16-27(17-26)34(31(37)30(29)15-23)20-28(36)19-32-11-10-24-4-2-3-5-25(24)18-32/h2-7,15,22,26-28,36H,8-14,16-20H2,1H3/t26?,27?,28-/m1/s1. The van der Waals surface area contributed by atoms with Gasteiger partial charge in [-0.3, -0.25) is 14.5 Å². The van der Waals surface area contributed by atoms with E-state index in [4.69, 9.17) is 0 Å². The molecule has 1 aliphatic carbocycles. The molecule has 2 amide bonds. The van der Waals surface area contributed by atoms with Crippen molar-refractivity contribution in [3.05, 3.63) is 70.3 Å². The highest BCUT2D eigenvalue weighted by molar-refractivity contribution is 5.97. The quantitative estimate of drug-likeness (QED) is 0.657. The number of aliphatic hydroxyl groups is 1. The van der Waals surface area contributed by atoms with Gasteiger partial charge in [0.25, 0.3) is 5.91 Å². The highest BCUT2D eigenvalue weighted by Gasteiger charge is 2.43. The fourth-order valence-corrected chi connectivity index (χ4v) is 7.00. The van der Waals surface area contributed by atoms with Crippen molar-refractivity contribution in [2.45, 2.75) is 70.1 Å². The van der Waals surface area contributed by atoms with E-state index in [2.05, 4.69) is 47.4 Å². The Bertz CT molecular complexity index is 1170. The molecule has 0 radical (unpaired) electrons. The number of carbonyl (C=O) groups is 2. The molecule has 6 nitrogen and oxygen atoms in total. The van der Waals surface area contributed by atoms with Crippen LogP contribution in [0.25, 0.3) is 0 Å². The van der Waals surface area contributed by atoms with E-state index in [9.17, 15) is 14.7 Å². The molecule has 1 saturated heterocycles. The highest BCUT2D eigenvalue weighted by atomic mass is 16.3. The molecule has 2 bridgehead atoms. The number of hydrogen-bond donors (Lipinski definition) is 1. The Hall–Kier alpha value is -2.70. The van der Waals surface area contributed by atoms with Crippen molar-refractivity contribution in [3.63, 3.8) is 0 Å². The summed E-state index contributed by atoms with van der Waals surface area (Å²) >= 11 is 0. The van der Waals surface area contributed by atoms with Gasteiger partial charge in [-0.25, -0.2) is 0 Å². The first-order valence-electron chi connectivity index (χ1n) is 14.1. The van der Waals surface area contributed by atoms with Gasteiger partial charge in [-0.05, 0) is 78.7 Å². The van der Waals surface area contributed by atoms with Gasteiger partial charge >= 0.3 is 0 Å². The minimum Gasteiger partial charge on any atom is -0.390 e. The third-order valence-corrected chi connectivity index (χ3v) is 9.27. The lowest BCUT2D eigenvalue weighted by atomic mass is 9.75. The number of β-amino-alcohol motifs (C(OH)–C–C–N with tert-alkyl or cyclic N) is 1. The largest absolute Gasteiger partial charge is 0.390 e. The Morgan fingerprint density at radius 1 is 1.03 bits per heavy atom. The van der Waals surface area contributed by atoms with Gasteiger partial charge in [0.15, 0.2) is 0 Å². The Kier molecular flexibility index (Phi) is 6.80. The summed E-state index contributed by atoms with van der Waals surface area (Å²) < 4.78 is 0. The monoisotopic (exact) mass is 501 g/mol. The van der Waals surface area contributed by atoms with E-state index < -0.39 is 6.10 Å². The van der Waals surface area contributed by atoms with Crippen LogP contribution in [0.3, 0.4) is 0 Å². The molecule has 0 aromatic heterocycles. The van der Waals surface area contributed by atoms with Crippen molar-refractivity contribution in [2.24, 2.45) is 5.92 Å². The minimum atomic E-state index is -0.551. The topological polar surface area (TPSA) is 64.1 Å². The summed E-state index contributed by atoms with van der Waals surface area (Å²) in [7, 11) is 0. The van der Waals surface area contributed by atoms with Crippen LogP contribution in [-0.2, 0) is 24.2 Å². The lowest BCUT2D eigenvalue weighted by molar-refractivity contribution is -0.130. The molecule has 4 heterocycles. The molecule has 1 atom stereocenters. The smallest absolute Gasteiger partial charge is 0.254 e. The van der Waals surface area contributed by atoms with Gasteiger partial charge in [-0.2, -0.15) is 0 Å². The van der Waals surface area contributed by atoms with E-state index in [0.717, 1.165) is 70.3 Å². The number of nitrogens with zero attached hydrogens (tertiary/aromatic N) is 3. The molecule has 5 aliphatic rings. The van der Waals surface area contributed by atoms with Crippen molar-refractivity contribution in [2.75, 3.05) is 32.7 Å². The first-order chi connectivity index (χ1) is 17.9. The molecule has 37 heavy (non-hydrogen) atoms. The molecule has 0 unspecified atom stereocenters. The highest BCUT2D eigenvalue weighted by Crippen LogP contribution is 2.45. The summed E-state index contributed by atoms with van der Waals surface area (Å²) in [5, 5.41) is 11.1. The van der Waals surface area contributed by atoms with Gasteiger partial charge in [0.2, 0.25) is 5.91 Å². The van der Waals surface area contributed by atoms with Gasteiger partial charge in [0, 0.05) is 57.8 Å². The fraction of sp³-hybridized carbons (Fsp3) is 0.548. The van der Waals surface area contributed by atoms with Crippen LogP contribution in [0.5, 0.6) is 0 Å². The van der Waals surface area contributed by atoms with E-state index in [1.807, 2.05) is 9.80 Å². The molecule has 2 aromatic carbocycles. The number of hydrogen-bond acceptors (Lipinski definition) is 4. The summed E-state index contributed by atoms with van der Waals surface area (Å²) in [5.41, 5.74) is 6.03. The van der Waals surface area contributed by atoms with Crippen LogP contribution < -0.4 is 0 Å². The molecule has 2 aromatic rings. The number of aliphatic hydroxyl groups excluding tert-OH is 1. The number of amides is 2. The maximum Gasteiger partial charge on any atom is 0.254 e. The molecular weight excluding hydrogens is 462 g/mol. The summed E-state index contributed by atoms with van der Waals surface area (Å²) in [5.74, 6) is 1.27. The van der Waals surface area contributed by atoms with Crippen molar-refractivity contribution < 1.29 is 14.7 Å². The predicted octanol–water partition coefficient (Wildman–Crippen LogP) is 3.61. The number of rotatable bonds is 6. The van der Waals surface area contributed by atoms with Crippen LogP contribution in [0.15, 0.2) is 42.5 Å². The van der Waals surface area contributed by atoms with Crippen LogP contribution in [0.1, 0.15) is 71.1 Å². The maximum atomic E-state index is 13.8. The average molecular weight is 502 g/mol. The number of piperidine rings is 1. The Morgan fingerprint density at radius 2 is 1.78 bits per heavy atom. The fourth-order valence-electron chi connectivity index (χ4n) is 7.00. The number of carbonyl (C=O) groups excluding carboxylic acids is 2. The van der Waals surface area contributed by atoms with Gasteiger partial charge in [0.1, 0.15) is 0 Å². The molecule has 7 rings (SSSR count). The van der Waals surface area contributed by atoms with Gasteiger partial charge < -0.3 is 14.9 Å². The number of fused-ring (bicyclic) bond motifs is 2.